The van der Waals surface area contributed by atoms with Crippen LogP contribution in [0.4, 0.5) is 17.6 Å². The molecule has 0 atom stereocenters. The number of aromatic nitrogens is 2. The van der Waals surface area contributed by atoms with Crippen LogP contribution in [-0.4, -0.2) is 37.7 Å². The molecule has 0 amide bonds. The lowest BCUT2D eigenvalue weighted by Gasteiger charge is -2.08. The van der Waals surface area contributed by atoms with Crippen LogP contribution in [0, 0.1) is 0 Å². The summed E-state index contributed by atoms with van der Waals surface area (Å²) in [6.07, 6.45) is 1.73. The molecule has 0 saturated heterocycles. The maximum absolute atomic E-state index is 10.8. The molecule has 0 fully saturated rings. The van der Waals surface area contributed by atoms with Crippen LogP contribution in [0.3, 0.4) is 0 Å². The molecule has 0 saturated carbocycles. The van der Waals surface area contributed by atoms with Gasteiger partial charge in [-0.3, -0.25) is 0 Å². The van der Waals surface area contributed by atoms with E-state index in [2.05, 4.69) is 25.4 Å². The molecule has 0 aromatic carbocycles. The summed E-state index contributed by atoms with van der Waals surface area (Å²) in [7, 11) is -3.14. The molecule has 1 heterocycles. The molecular weight excluding hydrogens is 258 g/mol. The molecule has 0 spiro atoms. The fourth-order valence-corrected chi connectivity index (χ4v) is 1.71. The van der Waals surface area contributed by atoms with Gasteiger partial charge in [-0.2, -0.15) is 9.97 Å². The van der Waals surface area contributed by atoms with Crippen LogP contribution in [0.2, 0.25) is 0 Å². The highest BCUT2D eigenvalue weighted by Gasteiger charge is 2.01. The van der Waals surface area contributed by atoms with Crippen molar-refractivity contribution in [2.24, 2.45) is 5.84 Å². The van der Waals surface area contributed by atoms with E-state index in [4.69, 9.17) is 11.6 Å². The Morgan fingerprint density at radius 2 is 1.94 bits per heavy atom. The minimum absolute atomic E-state index is 0.0993. The van der Waals surface area contributed by atoms with E-state index in [1.807, 2.05) is 0 Å². The number of anilines is 3. The zero-order valence-electron chi connectivity index (χ0n) is 9.97. The van der Waals surface area contributed by atoms with Crippen molar-refractivity contribution in [3.63, 3.8) is 0 Å². The average Bonchev–Trinajstić information content (AvgIpc) is 2.26. The van der Waals surface area contributed by atoms with Gasteiger partial charge in [0.05, 0.1) is 6.26 Å². The minimum atomic E-state index is -3.14. The van der Waals surface area contributed by atoms with Gasteiger partial charge in [-0.05, 0) is 6.42 Å². The number of hydrogen-bond acceptors (Lipinski definition) is 8. The van der Waals surface area contributed by atoms with Crippen molar-refractivity contribution in [2.45, 2.75) is 6.42 Å². The fraction of sp³-hybridized carbons (Fsp3) is 0.500. The smallest absolute Gasteiger partial charge is 0.223 e. The topological polar surface area (TPSA) is 148 Å². The van der Waals surface area contributed by atoms with Crippen molar-refractivity contribution in [3.8, 4) is 0 Å². The number of hydrazine groups is 1. The molecule has 18 heavy (non-hydrogen) atoms. The summed E-state index contributed by atoms with van der Waals surface area (Å²) in [5.74, 6) is 6.24. The SMILES string of the molecule is CS(=O)(=O)NCCCNc1cc(NN)nc(N)n1. The summed E-state index contributed by atoms with van der Waals surface area (Å²) in [5, 5.41) is 2.98. The first-order valence-electron chi connectivity index (χ1n) is 5.20. The third-order valence-corrected chi connectivity index (χ3v) is 2.64. The van der Waals surface area contributed by atoms with E-state index in [-0.39, 0.29) is 5.95 Å². The lowest BCUT2D eigenvalue weighted by Crippen LogP contribution is -2.24. The monoisotopic (exact) mass is 275 g/mol. The summed E-state index contributed by atoms with van der Waals surface area (Å²) in [5.41, 5.74) is 7.84. The first-order valence-corrected chi connectivity index (χ1v) is 7.09. The molecule has 10 heteroatoms. The molecule has 102 valence electrons. The quantitative estimate of drug-likeness (QED) is 0.234. The lowest BCUT2D eigenvalue weighted by atomic mass is 10.4. The Bertz CT molecular complexity index is 490. The van der Waals surface area contributed by atoms with Crippen molar-refractivity contribution in [1.29, 1.82) is 0 Å². The summed E-state index contributed by atoms with van der Waals surface area (Å²) < 4.78 is 24.0. The predicted octanol–water partition coefficient (Wildman–Crippen LogP) is -1.30. The zero-order chi connectivity index (χ0) is 13.6. The van der Waals surface area contributed by atoms with Gasteiger partial charge in [-0.15, -0.1) is 0 Å². The summed E-state index contributed by atoms with van der Waals surface area (Å²) >= 11 is 0. The Morgan fingerprint density at radius 3 is 2.56 bits per heavy atom. The Hall–Kier alpha value is -1.65. The van der Waals surface area contributed by atoms with Gasteiger partial charge in [0.1, 0.15) is 11.6 Å². The molecule has 1 aromatic heterocycles. The molecule has 0 aliphatic heterocycles. The van der Waals surface area contributed by atoms with Gasteiger partial charge in [0.2, 0.25) is 16.0 Å². The van der Waals surface area contributed by atoms with Crippen molar-refractivity contribution < 1.29 is 8.42 Å². The second kappa shape index (κ2) is 6.33. The summed E-state index contributed by atoms with van der Waals surface area (Å²) in [6.45, 7) is 0.900. The number of rotatable bonds is 7. The average molecular weight is 275 g/mol. The zero-order valence-corrected chi connectivity index (χ0v) is 10.8. The maximum atomic E-state index is 10.8. The van der Waals surface area contributed by atoms with Gasteiger partial charge in [0.25, 0.3) is 0 Å². The maximum Gasteiger partial charge on any atom is 0.223 e. The normalized spacial score (nSPS) is 11.2. The van der Waals surface area contributed by atoms with Crippen LogP contribution < -0.4 is 27.0 Å². The van der Waals surface area contributed by atoms with Gasteiger partial charge in [-0.1, -0.05) is 0 Å². The van der Waals surface area contributed by atoms with E-state index < -0.39 is 10.0 Å². The number of nitrogens with one attached hydrogen (secondary N) is 3. The fourth-order valence-electron chi connectivity index (χ4n) is 1.19. The number of sulfonamides is 1. The number of nitrogens with zero attached hydrogens (tertiary/aromatic N) is 2. The minimum Gasteiger partial charge on any atom is -0.370 e. The Balaban J connectivity index is 2.37. The van der Waals surface area contributed by atoms with E-state index in [1.54, 1.807) is 6.07 Å². The predicted molar refractivity (Wildman–Crippen MR) is 70.2 cm³/mol. The third-order valence-electron chi connectivity index (χ3n) is 1.92. The van der Waals surface area contributed by atoms with Crippen LogP contribution in [-0.2, 0) is 10.0 Å². The largest absolute Gasteiger partial charge is 0.370 e. The van der Waals surface area contributed by atoms with Gasteiger partial charge in [0, 0.05) is 19.2 Å². The highest BCUT2D eigenvalue weighted by Crippen LogP contribution is 2.10. The summed E-state index contributed by atoms with van der Waals surface area (Å²) in [6, 6.07) is 1.60. The van der Waals surface area contributed by atoms with Crippen LogP contribution in [0.25, 0.3) is 0 Å². The lowest BCUT2D eigenvalue weighted by molar-refractivity contribution is 0.586. The molecule has 1 rings (SSSR count). The standard InChI is InChI=1S/C8H17N7O2S/c1-18(16,17)12-4-2-3-11-6-5-7(15-10)14-8(9)13-6/h5,12H,2-4,10H2,1H3,(H4,9,11,13,14,15). The Morgan fingerprint density at radius 1 is 1.28 bits per heavy atom. The van der Waals surface area contributed by atoms with Gasteiger partial charge in [-0.25, -0.2) is 19.0 Å². The first-order chi connectivity index (χ1) is 8.40. The molecule has 7 N–H and O–H groups in total. The Labute approximate surface area is 105 Å². The van der Waals surface area contributed by atoms with Crippen molar-refractivity contribution in [1.82, 2.24) is 14.7 Å². The number of nitrogen functional groups attached to an aromatic ring is 2. The van der Waals surface area contributed by atoms with Gasteiger partial charge >= 0.3 is 0 Å². The Kier molecular flexibility index (Phi) is 5.07. The second-order valence-electron chi connectivity index (χ2n) is 3.59. The molecule has 9 nitrogen and oxygen atoms in total. The van der Waals surface area contributed by atoms with Gasteiger partial charge < -0.3 is 16.5 Å². The molecule has 0 unspecified atom stereocenters. The summed E-state index contributed by atoms with van der Waals surface area (Å²) in [4.78, 5) is 7.78. The first kappa shape index (κ1) is 14.4. The highest BCUT2D eigenvalue weighted by molar-refractivity contribution is 7.88. The second-order valence-corrected chi connectivity index (χ2v) is 5.42. The van der Waals surface area contributed by atoms with E-state index in [0.717, 1.165) is 6.26 Å². The van der Waals surface area contributed by atoms with Crippen LogP contribution in [0.15, 0.2) is 6.07 Å². The van der Waals surface area contributed by atoms with E-state index in [0.29, 0.717) is 31.1 Å². The van der Waals surface area contributed by atoms with Crippen molar-refractivity contribution >= 4 is 27.6 Å². The highest BCUT2D eigenvalue weighted by atomic mass is 32.2. The van der Waals surface area contributed by atoms with Crippen molar-refractivity contribution in [2.75, 3.05) is 35.8 Å². The molecule has 0 aliphatic rings. The third kappa shape index (κ3) is 5.61. The van der Waals surface area contributed by atoms with E-state index in [9.17, 15) is 8.42 Å². The van der Waals surface area contributed by atoms with Crippen LogP contribution in [0.1, 0.15) is 6.42 Å². The van der Waals surface area contributed by atoms with Crippen LogP contribution in [0.5, 0.6) is 0 Å². The van der Waals surface area contributed by atoms with E-state index in [1.165, 1.54) is 0 Å². The molecule has 0 radical (unpaired) electrons. The van der Waals surface area contributed by atoms with Crippen LogP contribution >= 0.6 is 0 Å². The molecular formula is C8H17N7O2S. The van der Waals surface area contributed by atoms with Crippen molar-refractivity contribution in [3.05, 3.63) is 6.07 Å². The number of nitrogens with two attached hydrogens (primary N) is 2. The van der Waals surface area contributed by atoms with E-state index >= 15 is 0 Å². The van der Waals surface area contributed by atoms with Gasteiger partial charge in [0.15, 0.2) is 0 Å². The molecule has 0 bridgehead atoms. The molecule has 0 aliphatic carbocycles. The number of hydrogen-bond donors (Lipinski definition) is 5. The molecule has 1 aromatic rings.